The summed E-state index contributed by atoms with van der Waals surface area (Å²) in [5.74, 6) is 1.52. The lowest BCUT2D eigenvalue weighted by Crippen LogP contribution is -2.35. The van der Waals surface area contributed by atoms with Gasteiger partial charge in [0.15, 0.2) is 6.39 Å². The largest absolute Gasteiger partial charge is 0.448 e. The molecule has 0 spiro atoms. The third-order valence-corrected chi connectivity index (χ3v) is 2.90. The average Bonchev–Trinajstić information content (AvgIpc) is 2.70. The summed E-state index contributed by atoms with van der Waals surface area (Å²) in [5.41, 5.74) is 1.17. The number of rotatable bonds is 6. The van der Waals surface area contributed by atoms with Gasteiger partial charge in [0.2, 0.25) is 0 Å². The fourth-order valence-corrected chi connectivity index (χ4v) is 1.80. The second-order valence-electron chi connectivity index (χ2n) is 5.81. The molecule has 0 aromatic carbocycles. The van der Waals surface area contributed by atoms with E-state index in [0.717, 1.165) is 18.0 Å². The first-order valence-corrected chi connectivity index (χ1v) is 6.61. The van der Waals surface area contributed by atoms with Crippen molar-refractivity contribution in [1.29, 1.82) is 0 Å². The van der Waals surface area contributed by atoms with Crippen LogP contribution in [0.3, 0.4) is 0 Å². The van der Waals surface area contributed by atoms with E-state index in [-0.39, 0.29) is 5.54 Å². The topological polar surface area (TPSA) is 38.1 Å². The average molecular weight is 238 g/mol. The summed E-state index contributed by atoms with van der Waals surface area (Å²) in [5, 5.41) is 3.45. The maximum absolute atomic E-state index is 5.54. The summed E-state index contributed by atoms with van der Waals surface area (Å²) in [6, 6.07) is 0. The minimum atomic E-state index is 0.114. The molecule has 1 atom stereocenters. The van der Waals surface area contributed by atoms with Gasteiger partial charge in [-0.25, -0.2) is 4.98 Å². The van der Waals surface area contributed by atoms with Gasteiger partial charge < -0.3 is 9.73 Å². The Balaban J connectivity index is 2.59. The quantitative estimate of drug-likeness (QED) is 0.818. The lowest BCUT2D eigenvalue weighted by Gasteiger charge is -2.20. The van der Waals surface area contributed by atoms with Crippen LogP contribution in [0.5, 0.6) is 0 Å². The Labute approximate surface area is 105 Å². The van der Waals surface area contributed by atoms with Gasteiger partial charge in [0.25, 0.3) is 0 Å². The van der Waals surface area contributed by atoms with Crippen LogP contribution in [-0.2, 0) is 6.54 Å². The molecule has 17 heavy (non-hydrogen) atoms. The van der Waals surface area contributed by atoms with Crippen molar-refractivity contribution in [3.05, 3.63) is 17.8 Å². The van der Waals surface area contributed by atoms with Crippen LogP contribution in [0.15, 0.2) is 10.8 Å². The predicted molar refractivity (Wildman–Crippen MR) is 71.0 cm³/mol. The number of unbranched alkanes of at least 4 members (excludes halogenated alkanes) is 1. The Kier molecular flexibility index (Phi) is 5.19. The summed E-state index contributed by atoms with van der Waals surface area (Å²) < 4.78 is 5.54. The number of hydrogen-bond acceptors (Lipinski definition) is 3. The normalized spacial score (nSPS) is 13.9. The molecule has 0 fully saturated rings. The third kappa shape index (κ3) is 4.90. The van der Waals surface area contributed by atoms with Crippen LogP contribution in [0.2, 0.25) is 0 Å². The van der Waals surface area contributed by atoms with Crippen molar-refractivity contribution in [2.45, 2.75) is 71.9 Å². The molecule has 1 aromatic rings. The van der Waals surface area contributed by atoms with E-state index in [9.17, 15) is 0 Å². The summed E-state index contributed by atoms with van der Waals surface area (Å²) in [6.45, 7) is 11.7. The summed E-state index contributed by atoms with van der Waals surface area (Å²) in [7, 11) is 0. The molecule has 0 aliphatic carbocycles. The molecule has 0 saturated heterocycles. The molecule has 1 unspecified atom stereocenters. The highest BCUT2D eigenvalue weighted by Gasteiger charge is 2.17. The van der Waals surface area contributed by atoms with Crippen LogP contribution in [-0.4, -0.2) is 10.5 Å². The number of hydrogen-bond donors (Lipinski definition) is 1. The first kappa shape index (κ1) is 14.2. The molecule has 0 radical (unpaired) electrons. The zero-order chi connectivity index (χ0) is 12.9. The van der Waals surface area contributed by atoms with Gasteiger partial charge in [0, 0.05) is 18.0 Å². The molecule has 1 rings (SSSR count). The molecule has 0 saturated carbocycles. The first-order chi connectivity index (χ1) is 7.94. The van der Waals surface area contributed by atoms with Gasteiger partial charge in [-0.05, 0) is 27.2 Å². The smallest absolute Gasteiger partial charge is 0.181 e. The van der Waals surface area contributed by atoms with Crippen LogP contribution in [0, 0.1) is 0 Å². The standard InChI is InChI=1S/C14H26N2O/c1-6-7-8-11(2)13-12(15-10-17-13)9-16-14(3,4)5/h10-11,16H,6-9H2,1-5H3. The first-order valence-electron chi connectivity index (χ1n) is 6.61. The van der Waals surface area contributed by atoms with Gasteiger partial charge in [-0.3, -0.25) is 0 Å². The molecular formula is C14H26N2O. The minimum absolute atomic E-state index is 0.114. The van der Waals surface area contributed by atoms with E-state index >= 15 is 0 Å². The van der Waals surface area contributed by atoms with Crippen molar-refractivity contribution < 1.29 is 4.42 Å². The zero-order valence-electron chi connectivity index (χ0n) is 11.8. The molecule has 3 nitrogen and oxygen atoms in total. The molecule has 0 bridgehead atoms. The van der Waals surface area contributed by atoms with Gasteiger partial charge >= 0.3 is 0 Å². The van der Waals surface area contributed by atoms with Gasteiger partial charge in [0.1, 0.15) is 5.76 Å². The molecule has 0 amide bonds. The molecule has 3 heteroatoms. The van der Waals surface area contributed by atoms with E-state index < -0.39 is 0 Å². The molecule has 1 aromatic heterocycles. The summed E-state index contributed by atoms with van der Waals surface area (Å²) in [6.07, 6.45) is 5.22. The van der Waals surface area contributed by atoms with Crippen molar-refractivity contribution in [3.63, 3.8) is 0 Å². The number of nitrogens with zero attached hydrogens (tertiary/aromatic N) is 1. The Morgan fingerprint density at radius 3 is 2.71 bits per heavy atom. The maximum atomic E-state index is 5.54. The molecule has 98 valence electrons. The van der Waals surface area contributed by atoms with E-state index in [2.05, 4.69) is 44.9 Å². The van der Waals surface area contributed by atoms with Crippen molar-refractivity contribution in [3.8, 4) is 0 Å². The van der Waals surface area contributed by atoms with Crippen LogP contribution < -0.4 is 5.32 Å². The zero-order valence-corrected chi connectivity index (χ0v) is 11.8. The third-order valence-electron chi connectivity index (χ3n) is 2.90. The van der Waals surface area contributed by atoms with Gasteiger partial charge in [0.05, 0.1) is 5.69 Å². The maximum Gasteiger partial charge on any atom is 0.181 e. The SMILES string of the molecule is CCCCC(C)c1ocnc1CNC(C)(C)C. The lowest BCUT2D eigenvalue weighted by atomic mass is 10.00. The summed E-state index contributed by atoms with van der Waals surface area (Å²) in [4.78, 5) is 4.32. The highest BCUT2D eigenvalue weighted by molar-refractivity contribution is 5.12. The predicted octanol–water partition coefficient (Wildman–Crippen LogP) is 3.86. The van der Waals surface area contributed by atoms with Gasteiger partial charge in [-0.15, -0.1) is 0 Å². The molecular weight excluding hydrogens is 212 g/mol. The minimum Gasteiger partial charge on any atom is -0.448 e. The number of nitrogens with one attached hydrogen (secondary N) is 1. The van der Waals surface area contributed by atoms with Crippen molar-refractivity contribution in [2.75, 3.05) is 0 Å². The second kappa shape index (κ2) is 6.20. The van der Waals surface area contributed by atoms with E-state index in [0.29, 0.717) is 5.92 Å². The Morgan fingerprint density at radius 1 is 1.41 bits per heavy atom. The lowest BCUT2D eigenvalue weighted by molar-refractivity contribution is 0.410. The number of oxazole rings is 1. The Bertz CT molecular complexity index is 325. The molecule has 1 N–H and O–H groups in total. The molecule has 0 aliphatic rings. The molecule has 1 heterocycles. The van der Waals surface area contributed by atoms with Gasteiger partial charge in [-0.2, -0.15) is 0 Å². The highest BCUT2D eigenvalue weighted by Crippen LogP contribution is 2.24. The van der Waals surface area contributed by atoms with Crippen LogP contribution >= 0.6 is 0 Å². The highest BCUT2D eigenvalue weighted by atomic mass is 16.3. The number of aromatic nitrogens is 1. The Morgan fingerprint density at radius 2 is 2.12 bits per heavy atom. The Hall–Kier alpha value is -0.830. The van der Waals surface area contributed by atoms with Crippen molar-refractivity contribution in [1.82, 2.24) is 10.3 Å². The monoisotopic (exact) mass is 238 g/mol. The van der Waals surface area contributed by atoms with E-state index in [4.69, 9.17) is 4.42 Å². The van der Waals surface area contributed by atoms with Crippen LogP contribution in [0.4, 0.5) is 0 Å². The van der Waals surface area contributed by atoms with Crippen LogP contribution in [0.25, 0.3) is 0 Å². The van der Waals surface area contributed by atoms with Crippen molar-refractivity contribution in [2.24, 2.45) is 0 Å². The van der Waals surface area contributed by atoms with Crippen LogP contribution in [0.1, 0.15) is 71.3 Å². The van der Waals surface area contributed by atoms with Crippen molar-refractivity contribution >= 4 is 0 Å². The second-order valence-corrected chi connectivity index (χ2v) is 5.81. The molecule has 0 aliphatic heterocycles. The summed E-state index contributed by atoms with van der Waals surface area (Å²) >= 11 is 0. The van der Waals surface area contributed by atoms with E-state index in [1.165, 1.54) is 19.3 Å². The van der Waals surface area contributed by atoms with E-state index in [1.54, 1.807) is 6.39 Å². The van der Waals surface area contributed by atoms with Gasteiger partial charge in [-0.1, -0.05) is 26.7 Å². The van der Waals surface area contributed by atoms with E-state index in [1.807, 2.05) is 0 Å². The fourth-order valence-electron chi connectivity index (χ4n) is 1.80. The fraction of sp³-hybridized carbons (Fsp3) is 0.786.